The van der Waals surface area contributed by atoms with E-state index < -0.39 is 0 Å². The highest BCUT2D eigenvalue weighted by molar-refractivity contribution is 6.05. The Bertz CT molecular complexity index is 845. The first kappa shape index (κ1) is 21.8. The molecule has 2 aromatic carbocycles. The van der Waals surface area contributed by atoms with Gasteiger partial charge in [0.2, 0.25) is 0 Å². The van der Waals surface area contributed by atoms with Crippen molar-refractivity contribution < 1.29 is 19.1 Å². The van der Waals surface area contributed by atoms with E-state index in [1.807, 2.05) is 17.9 Å². The van der Waals surface area contributed by atoms with Crippen molar-refractivity contribution in [2.45, 2.75) is 32.6 Å². The number of carbonyl (C=O) groups excluding carboxylic acids is 2. The molecule has 0 spiro atoms. The van der Waals surface area contributed by atoms with Crippen LogP contribution in [0.2, 0.25) is 0 Å². The second-order valence-corrected chi connectivity index (χ2v) is 7.31. The Morgan fingerprint density at radius 1 is 0.933 bits per heavy atom. The molecule has 0 aromatic heterocycles. The number of hydrogen-bond acceptors (Lipinski definition) is 4. The zero-order chi connectivity index (χ0) is 21.2. The molecule has 0 atom stereocenters. The first-order valence-corrected chi connectivity index (χ1v) is 10.7. The summed E-state index contributed by atoms with van der Waals surface area (Å²) in [6.45, 7) is 5.11. The summed E-state index contributed by atoms with van der Waals surface area (Å²) >= 11 is 0. The lowest BCUT2D eigenvalue weighted by Crippen LogP contribution is -2.31. The molecule has 30 heavy (non-hydrogen) atoms. The van der Waals surface area contributed by atoms with Crippen LogP contribution < -0.4 is 10.1 Å². The van der Waals surface area contributed by atoms with Gasteiger partial charge in [0.05, 0.1) is 6.61 Å². The molecule has 1 N–H and O–H groups in total. The maximum absolute atomic E-state index is 12.8. The smallest absolute Gasteiger partial charge is 0.255 e. The van der Waals surface area contributed by atoms with Gasteiger partial charge in [0.25, 0.3) is 11.8 Å². The SMILES string of the molecule is CCOCCOc1cccc(C(=O)Nc2cccc(C(=O)N3CCCCCC3)c2)c1. The van der Waals surface area contributed by atoms with Crippen molar-refractivity contribution in [2.24, 2.45) is 0 Å². The van der Waals surface area contributed by atoms with Crippen LogP contribution in [0.25, 0.3) is 0 Å². The summed E-state index contributed by atoms with van der Waals surface area (Å²) in [5, 5.41) is 2.88. The van der Waals surface area contributed by atoms with Gasteiger partial charge in [-0.1, -0.05) is 25.0 Å². The van der Waals surface area contributed by atoms with E-state index >= 15 is 0 Å². The Balaban J connectivity index is 1.63. The van der Waals surface area contributed by atoms with Gasteiger partial charge in [0.15, 0.2) is 0 Å². The molecule has 0 unspecified atom stereocenters. The zero-order valence-corrected chi connectivity index (χ0v) is 17.6. The predicted octanol–water partition coefficient (Wildman–Crippen LogP) is 4.37. The van der Waals surface area contributed by atoms with E-state index in [0.29, 0.717) is 42.4 Å². The van der Waals surface area contributed by atoms with Crippen LogP contribution >= 0.6 is 0 Å². The molecule has 0 aliphatic carbocycles. The van der Waals surface area contributed by atoms with Gasteiger partial charge in [-0.3, -0.25) is 9.59 Å². The van der Waals surface area contributed by atoms with E-state index in [1.54, 1.807) is 42.5 Å². The first-order chi connectivity index (χ1) is 14.7. The minimum atomic E-state index is -0.246. The van der Waals surface area contributed by atoms with E-state index in [9.17, 15) is 9.59 Å². The Morgan fingerprint density at radius 2 is 1.67 bits per heavy atom. The number of carbonyl (C=O) groups is 2. The van der Waals surface area contributed by atoms with E-state index in [0.717, 1.165) is 25.9 Å². The number of ether oxygens (including phenoxy) is 2. The lowest BCUT2D eigenvalue weighted by Gasteiger charge is -2.20. The van der Waals surface area contributed by atoms with Crippen molar-refractivity contribution in [3.8, 4) is 5.75 Å². The highest BCUT2D eigenvalue weighted by Gasteiger charge is 2.18. The Morgan fingerprint density at radius 3 is 2.43 bits per heavy atom. The van der Waals surface area contributed by atoms with Crippen LogP contribution in [0.15, 0.2) is 48.5 Å². The lowest BCUT2D eigenvalue weighted by atomic mass is 10.1. The predicted molar refractivity (Wildman–Crippen MR) is 117 cm³/mol. The minimum Gasteiger partial charge on any atom is -0.491 e. The average molecular weight is 411 g/mol. The summed E-state index contributed by atoms with van der Waals surface area (Å²) in [6.07, 6.45) is 4.44. The van der Waals surface area contributed by atoms with Gasteiger partial charge in [-0.25, -0.2) is 0 Å². The third-order valence-electron chi connectivity index (χ3n) is 5.06. The third kappa shape index (κ3) is 6.32. The average Bonchev–Trinajstić information content (AvgIpc) is 3.06. The highest BCUT2D eigenvalue weighted by Crippen LogP contribution is 2.18. The van der Waals surface area contributed by atoms with Gasteiger partial charge in [-0.2, -0.15) is 0 Å². The van der Waals surface area contributed by atoms with Crippen molar-refractivity contribution in [1.82, 2.24) is 4.90 Å². The molecule has 6 nitrogen and oxygen atoms in total. The van der Waals surface area contributed by atoms with Crippen LogP contribution in [0.1, 0.15) is 53.3 Å². The van der Waals surface area contributed by atoms with E-state index in [1.165, 1.54) is 12.8 Å². The topological polar surface area (TPSA) is 67.9 Å². The van der Waals surface area contributed by atoms with E-state index in [4.69, 9.17) is 9.47 Å². The van der Waals surface area contributed by atoms with Gasteiger partial charge in [0, 0.05) is 36.5 Å². The summed E-state index contributed by atoms with van der Waals surface area (Å²) < 4.78 is 10.9. The Labute approximate surface area is 178 Å². The third-order valence-corrected chi connectivity index (χ3v) is 5.06. The standard InChI is InChI=1S/C24H30N2O4/c1-2-29-15-16-30-22-12-8-9-19(18-22)23(27)25-21-11-7-10-20(17-21)24(28)26-13-5-3-4-6-14-26/h7-12,17-18H,2-6,13-16H2,1H3,(H,25,27). The molecular formula is C24H30N2O4. The maximum Gasteiger partial charge on any atom is 0.255 e. The second-order valence-electron chi connectivity index (χ2n) is 7.31. The molecular weight excluding hydrogens is 380 g/mol. The van der Waals surface area contributed by atoms with Gasteiger partial charge >= 0.3 is 0 Å². The summed E-state index contributed by atoms with van der Waals surface area (Å²) in [7, 11) is 0. The van der Waals surface area contributed by atoms with Crippen LogP contribution in [0.3, 0.4) is 0 Å². The number of benzene rings is 2. The largest absolute Gasteiger partial charge is 0.491 e. The number of nitrogens with one attached hydrogen (secondary N) is 1. The fourth-order valence-corrected chi connectivity index (χ4v) is 3.48. The van der Waals surface area contributed by atoms with Crippen molar-refractivity contribution in [1.29, 1.82) is 0 Å². The maximum atomic E-state index is 12.8. The number of nitrogens with zero attached hydrogens (tertiary/aromatic N) is 1. The molecule has 1 fully saturated rings. The van der Waals surface area contributed by atoms with Gasteiger partial charge in [0.1, 0.15) is 12.4 Å². The van der Waals surface area contributed by atoms with Crippen LogP contribution in [0, 0.1) is 0 Å². The van der Waals surface area contributed by atoms with E-state index in [2.05, 4.69) is 5.32 Å². The van der Waals surface area contributed by atoms with Crippen molar-refractivity contribution in [3.05, 3.63) is 59.7 Å². The number of anilines is 1. The molecule has 6 heteroatoms. The zero-order valence-electron chi connectivity index (χ0n) is 17.6. The number of hydrogen-bond donors (Lipinski definition) is 1. The van der Waals surface area contributed by atoms with Gasteiger partial charge < -0.3 is 19.7 Å². The van der Waals surface area contributed by atoms with Crippen molar-refractivity contribution >= 4 is 17.5 Å². The highest BCUT2D eigenvalue weighted by atomic mass is 16.5. The molecule has 2 aromatic rings. The van der Waals surface area contributed by atoms with Crippen molar-refractivity contribution in [3.63, 3.8) is 0 Å². The Kier molecular flexibility index (Phi) is 8.27. The van der Waals surface area contributed by atoms with Crippen LogP contribution in [0.4, 0.5) is 5.69 Å². The van der Waals surface area contributed by atoms with Crippen molar-refractivity contribution in [2.75, 3.05) is 38.2 Å². The monoisotopic (exact) mass is 410 g/mol. The van der Waals surface area contributed by atoms with Crippen LogP contribution in [-0.4, -0.2) is 49.6 Å². The molecule has 1 aliphatic rings. The van der Waals surface area contributed by atoms with E-state index in [-0.39, 0.29) is 11.8 Å². The fraction of sp³-hybridized carbons (Fsp3) is 0.417. The normalized spacial score (nSPS) is 14.1. The summed E-state index contributed by atoms with van der Waals surface area (Å²) in [5.41, 5.74) is 1.69. The lowest BCUT2D eigenvalue weighted by molar-refractivity contribution is 0.0761. The second kappa shape index (κ2) is 11.4. The molecule has 1 aliphatic heterocycles. The first-order valence-electron chi connectivity index (χ1n) is 10.7. The molecule has 1 heterocycles. The van der Waals surface area contributed by atoms with Crippen LogP contribution in [-0.2, 0) is 4.74 Å². The summed E-state index contributed by atoms with van der Waals surface area (Å²) in [4.78, 5) is 27.4. The molecule has 0 bridgehead atoms. The van der Waals surface area contributed by atoms with Gasteiger partial charge in [-0.05, 0) is 56.2 Å². The molecule has 3 rings (SSSR count). The summed E-state index contributed by atoms with van der Waals surface area (Å²) in [6, 6.07) is 14.2. The fourth-order valence-electron chi connectivity index (χ4n) is 3.48. The molecule has 160 valence electrons. The summed E-state index contributed by atoms with van der Waals surface area (Å²) in [5.74, 6) is 0.398. The van der Waals surface area contributed by atoms with Gasteiger partial charge in [-0.15, -0.1) is 0 Å². The molecule has 0 radical (unpaired) electrons. The molecule has 1 saturated heterocycles. The quantitative estimate of drug-likeness (QED) is 0.656. The van der Waals surface area contributed by atoms with Crippen LogP contribution in [0.5, 0.6) is 5.75 Å². The minimum absolute atomic E-state index is 0.0256. The number of rotatable bonds is 8. The Hall–Kier alpha value is -2.86. The molecule has 2 amide bonds. The molecule has 0 saturated carbocycles. The number of likely N-dealkylation sites (tertiary alicyclic amines) is 1. The number of amides is 2.